The molecule has 0 bridgehead atoms. The minimum Gasteiger partial charge on any atom is -0.326 e. The summed E-state index contributed by atoms with van der Waals surface area (Å²) in [6.07, 6.45) is 0. The molecule has 1 heterocycles. The molecule has 1 N–H and O–H groups in total. The Morgan fingerprint density at radius 2 is 1.31 bits per heavy atom. The summed E-state index contributed by atoms with van der Waals surface area (Å²) >= 11 is 3.17. The molecule has 0 radical (unpaired) electrons. The molecule has 4 aromatic carbocycles. The molecular weight excluding hydrogens is 468 g/mol. The lowest BCUT2D eigenvalue weighted by Gasteiger charge is -2.08. The van der Waals surface area contributed by atoms with Crippen LogP contribution in [0.2, 0.25) is 0 Å². The van der Waals surface area contributed by atoms with E-state index in [1.54, 1.807) is 11.8 Å². The lowest BCUT2D eigenvalue weighted by Crippen LogP contribution is -2.35. The molecular formula is C29H25N4S2+. The van der Waals surface area contributed by atoms with E-state index in [-0.39, 0.29) is 0 Å². The molecule has 0 fully saturated rings. The first-order chi connectivity index (χ1) is 17.3. The molecule has 0 amide bonds. The fourth-order valence-electron chi connectivity index (χ4n) is 3.58. The van der Waals surface area contributed by atoms with E-state index in [2.05, 4.69) is 70.5 Å². The molecule has 0 saturated carbocycles. The Hall–Kier alpha value is -3.74. The summed E-state index contributed by atoms with van der Waals surface area (Å²) in [6, 6.07) is 41.3. The Labute approximate surface area is 214 Å². The molecule has 172 valence electrons. The highest BCUT2D eigenvalue weighted by Crippen LogP contribution is 2.25. The summed E-state index contributed by atoms with van der Waals surface area (Å²) in [6.45, 7) is 0.709. The van der Waals surface area contributed by atoms with E-state index >= 15 is 0 Å². The van der Waals surface area contributed by atoms with Gasteiger partial charge in [0.2, 0.25) is 5.84 Å². The highest BCUT2D eigenvalue weighted by atomic mass is 32.2. The molecule has 0 spiro atoms. The minimum atomic E-state index is 0.709. The molecule has 5 aromatic rings. The minimum absolute atomic E-state index is 0.709. The van der Waals surface area contributed by atoms with Crippen molar-refractivity contribution in [3.8, 4) is 0 Å². The molecule has 4 nitrogen and oxygen atoms in total. The number of hydrogen-bond acceptors (Lipinski definition) is 4. The fourth-order valence-corrected chi connectivity index (χ4v) is 5.40. The number of nitrogens with one attached hydrogen (secondary N) is 1. The number of para-hydroxylation sites is 1. The smallest absolute Gasteiger partial charge is 0.326 e. The maximum Gasteiger partial charge on any atom is 0.357 e. The van der Waals surface area contributed by atoms with Crippen LogP contribution in [0.5, 0.6) is 0 Å². The van der Waals surface area contributed by atoms with E-state index in [1.807, 2.05) is 60.7 Å². The van der Waals surface area contributed by atoms with E-state index in [0.29, 0.717) is 6.54 Å². The number of hydrogen-bond donors (Lipinski definition) is 1. The number of aliphatic imine (C=N–C) groups is 1. The van der Waals surface area contributed by atoms with Crippen LogP contribution in [0.3, 0.4) is 0 Å². The van der Waals surface area contributed by atoms with E-state index in [0.717, 1.165) is 33.1 Å². The lowest BCUT2D eigenvalue weighted by molar-refractivity contribution is -0.710. The van der Waals surface area contributed by atoms with Gasteiger partial charge in [0, 0.05) is 17.0 Å². The van der Waals surface area contributed by atoms with Gasteiger partial charge in [-0.25, -0.2) is 4.57 Å². The summed E-state index contributed by atoms with van der Waals surface area (Å²) in [5.74, 6) is 1.65. The predicted molar refractivity (Wildman–Crippen MR) is 147 cm³/mol. The Kier molecular flexibility index (Phi) is 7.63. The Morgan fingerprint density at radius 3 is 1.97 bits per heavy atom. The van der Waals surface area contributed by atoms with Gasteiger partial charge in [0.15, 0.2) is 0 Å². The zero-order valence-corrected chi connectivity index (χ0v) is 20.8. The van der Waals surface area contributed by atoms with Crippen molar-refractivity contribution in [2.45, 2.75) is 17.5 Å². The van der Waals surface area contributed by atoms with Crippen LogP contribution in [0.1, 0.15) is 16.7 Å². The second-order valence-electron chi connectivity index (χ2n) is 7.91. The standard InChI is InChI=1S/C29H24N4S2/c1-5-13-23(14-6-1)21-33-28(35-32-29(33)34-22-24-15-7-2-8-16-24)31-27(25-17-9-3-10-18-25)30-26-19-11-4-12-20-26/h1-20H,21-22H2/p+1. The van der Waals surface area contributed by atoms with E-state index in [4.69, 9.17) is 9.37 Å². The molecule has 5 rings (SSSR count). The Bertz CT molecular complexity index is 1370. The van der Waals surface area contributed by atoms with Gasteiger partial charge in [-0.3, -0.25) is 0 Å². The topological polar surface area (TPSA) is 41.2 Å². The van der Waals surface area contributed by atoms with Gasteiger partial charge in [-0.05, 0) is 51.5 Å². The second kappa shape index (κ2) is 11.6. The van der Waals surface area contributed by atoms with Crippen LogP contribution < -0.4 is 9.88 Å². The third-order valence-electron chi connectivity index (χ3n) is 5.35. The number of amidine groups is 1. The molecule has 0 unspecified atom stereocenters. The SMILES string of the molecule is c1ccc(CSc2nsc(N=C(Nc3ccccc3)c3ccccc3)[n+]2Cc2ccccc2)cc1. The average Bonchev–Trinajstić information content (AvgIpc) is 3.30. The molecule has 0 atom stereocenters. The van der Waals surface area contributed by atoms with Crippen LogP contribution in [0.4, 0.5) is 10.8 Å². The average molecular weight is 494 g/mol. The lowest BCUT2D eigenvalue weighted by atomic mass is 10.2. The van der Waals surface area contributed by atoms with Gasteiger partial charge in [-0.15, -0.1) is 0 Å². The van der Waals surface area contributed by atoms with Crippen LogP contribution >= 0.6 is 23.3 Å². The summed E-state index contributed by atoms with van der Waals surface area (Å²) in [7, 11) is 0. The zero-order chi connectivity index (χ0) is 23.7. The van der Waals surface area contributed by atoms with Crippen LogP contribution in [-0.2, 0) is 12.3 Å². The number of rotatable bonds is 8. The molecule has 35 heavy (non-hydrogen) atoms. The maximum absolute atomic E-state index is 5.11. The van der Waals surface area contributed by atoms with Gasteiger partial charge in [-0.1, -0.05) is 102 Å². The number of thioether (sulfide) groups is 1. The number of benzene rings is 4. The van der Waals surface area contributed by atoms with Gasteiger partial charge in [0.1, 0.15) is 11.5 Å². The third kappa shape index (κ3) is 6.23. The van der Waals surface area contributed by atoms with Crippen molar-refractivity contribution in [1.29, 1.82) is 0 Å². The summed E-state index contributed by atoms with van der Waals surface area (Å²) < 4.78 is 7.03. The van der Waals surface area contributed by atoms with Gasteiger partial charge < -0.3 is 5.32 Å². The molecule has 0 aliphatic heterocycles. The third-order valence-corrected chi connectivity index (χ3v) is 7.25. The van der Waals surface area contributed by atoms with E-state index in [1.165, 1.54) is 22.7 Å². The van der Waals surface area contributed by atoms with Crippen molar-refractivity contribution < 1.29 is 4.57 Å². The van der Waals surface area contributed by atoms with Gasteiger partial charge in [-0.2, -0.15) is 0 Å². The van der Waals surface area contributed by atoms with Gasteiger partial charge in [0.05, 0.1) is 6.54 Å². The molecule has 6 heteroatoms. The number of nitrogens with zero attached hydrogens (tertiary/aromatic N) is 3. The Morgan fingerprint density at radius 1 is 0.743 bits per heavy atom. The normalized spacial score (nSPS) is 11.4. The summed E-state index contributed by atoms with van der Waals surface area (Å²) in [5.41, 5.74) is 4.51. The first-order valence-corrected chi connectivity index (χ1v) is 13.2. The monoisotopic (exact) mass is 493 g/mol. The van der Waals surface area contributed by atoms with Crippen LogP contribution in [0.15, 0.2) is 131 Å². The van der Waals surface area contributed by atoms with Gasteiger partial charge in [0.25, 0.3) is 0 Å². The fraction of sp³-hybridized carbons (Fsp3) is 0.0690. The zero-order valence-electron chi connectivity index (χ0n) is 19.1. The van der Waals surface area contributed by atoms with Crippen molar-refractivity contribution >= 4 is 39.9 Å². The van der Waals surface area contributed by atoms with Crippen molar-refractivity contribution in [2.24, 2.45) is 4.99 Å². The molecule has 0 aliphatic carbocycles. The summed E-state index contributed by atoms with van der Waals surface area (Å²) in [4.78, 5) is 5.11. The highest BCUT2D eigenvalue weighted by molar-refractivity contribution is 7.98. The van der Waals surface area contributed by atoms with Crippen molar-refractivity contribution in [3.05, 3.63) is 138 Å². The van der Waals surface area contributed by atoms with Crippen molar-refractivity contribution in [1.82, 2.24) is 4.37 Å². The second-order valence-corrected chi connectivity index (χ2v) is 9.58. The molecule has 0 aliphatic rings. The number of anilines is 1. The van der Waals surface area contributed by atoms with E-state index in [9.17, 15) is 0 Å². The quantitative estimate of drug-likeness (QED) is 0.110. The first kappa shape index (κ1) is 23.0. The van der Waals surface area contributed by atoms with Crippen LogP contribution in [-0.4, -0.2) is 10.2 Å². The van der Waals surface area contributed by atoms with E-state index < -0.39 is 0 Å². The largest absolute Gasteiger partial charge is 0.357 e. The molecule has 0 saturated heterocycles. The highest BCUT2D eigenvalue weighted by Gasteiger charge is 2.23. The Balaban J connectivity index is 1.52. The predicted octanol–water partition coefficient (Wildman–Crippen LogP) is 6.96. The molecule has 1 aromatic heterocycles. The van der Waals surface area contributed by atoms with Crippen molar-refractivity contribution in [2.75, 3.05) is 5.32 Å². The summed E-state index contributed by atoms with van der Waals surface area (Å²) in [5, 5.41) is 5.33. The maximum atomic E-state index is 5.11. The number of aromatic nitrogens is 2. The van der Waals surface area contributed by atoms with Crippen LogP contribution in [0, 0.1) is 0 Å². The van der Waals surface area contributed by atoms with Crippen LogP contribution in [0.25, 0.3) is 0 Å². The first-order valence-electron chi connectivity index (χ1n) is 11.4. The van der Waals surface area contributed by atoms with Gasteiger partial charge >= 0.3 is 10.3 Å². The van der Waals surface area contributed by atoms with Crippen molar-refractivity contribution in [3.63, 3.8) is 0 Å².